The van der Waals surface area contributed by atoms with Crippen molar-refractivity contribution in [2.75, 3.05) is 85.7 Å². The second kappa shape index (κ2) is 24.4. The minimum atomic E-state index is -1.13. The molecule has 3 aromatic rings. The lowest BCUT2D eigenvalue weighted by atomic mass is 9.48. The van der Waals surface area contributed by atoms with Crippen LogP contribution in [0.15, 0.2) is 42.5 Å². The summed E-state index contributed by atoms with van der Waals surface area (Å²) in [5, 5.41) is 17.6. The van der Waals surface area contributed by atoms with E-state index in [1.807, 2.05) is 55.8 Å². The fourth-order valence-electron chi connectivity index (χ4n) is 10.7. The molecule has 1 aromatic heterocycles. The molecule has 7 rings (SSSR count). The Balaban J connectivity index is 1.05. The minimum Gasteiger partial charge on any atom is -0.496 e. The number of rotatable bonds is 25. The maximum absolute atomic E-state index is 14.8. The van der Waals surface area contributed by atoms with E-state index in [4.69, 9.17) is 33.5 Å². The number of anilines is 1. The maximum Gasteiger partial charge on any atom is 0.407 e. The normalized spacial score (nSPS) is 20.5. The summed E-state index contributed by atoms with van der Waals surface area (Å²) in [5.41, 5.74) is 1.84. The second-order valence-corrected chi connectivity index (χ2v) is 21.8. The van der Waals surface area contributed by atoms with Crippen molar-refractivity contribution < 1.29 is 47.6 Å². The lowest BCUT2D eigenvalue weighted by Crippen LogP contribution is -2.71. The molecule has 71 heavy (non-hydrogen) atoms. The number of hydrogen-bond donors (Lipinski definition) is 4. The van der Waals surface area contributed by atoms with Crippen molar-refractivity contribution in [1.29, 1.82) is 0 Å². The van der Waals surface area contributed by atoms with Crippen molar-refractivity contribution in [1.82, 2.24) is 30.6 Å². The molecule has 17 nitrogen and oxygen atoms in total. The van der Waals surface area contributed by atoms with E-state index in [9.17, 15) is 19.2 Å². The van der Waals surface area contributed by atoms with Crippen LogP contribution in [0.3, 0.4) is 0 Å². The zero-order chi connectivity index (χ0) is 51.5. The van der Waals surface area contributed by atoms with E-state index in [1.54, 1.807) is 41.1 Å². The number of amides is 3. The van der Waals surface area contributed by atoms with Crippen LogP contribution in [0.1, 0.15) is 122 Å². The molecular formula is C54H81N7O10. The summed E-state index contributed by atoms with van der Waals surface area (Å²) < 4.78 is 35.8. The molecule has 4 aliphatic rings. The summed E-state index contributed by atoms with van der Waals surface area (Å²) in [7, 11) is 5.30. The molecule has 392 valence electrons. The Hall–Kier alpha value is -5.39. The Kier molecular flexibility index (Phi) is 18.8. The highest BCUT2D eigenvalue weighted by atomic mass is 16.6. The predicted octanol–water partition coefficient (Wildman–Crippen LogP) is 7.74. The molecule has 0 radical (unpaired) electrons. The SMILES string of the molecule is COc1cccc(OC)c1-c1cc(C(=O)NC2(C(=O)OC(C)(C)C)C3CC4CC(C3)CC2C4)nn1-c1ccc(NCCCN(C)CCCNC(=O)COCCOCCNC(=O)OC(C)(C)C)cc1C(C)C. The fraction of sp³-hybridized carbons (Fsp3) is 0.648. The Morgan fingerprint density at radius 3 is 2.00 bits per heavy atom. The van der Waals surface area contributed by atoms with E-state index in [0.29, 0.717) is 60.9 Å². The molecule has 0 saturated heterocycles. The molecule has 0 unspecified atom stereocenters. The number of methoxy groups -OCH3 is 2. The van der Waals surface area contributed by atoms with Gasteiger partial charge in [-0.05, 0) is 178 Å². The first-order valence-corrected chi connectivity index (χ1v) is 25.5. The smallest absolute Gasteiger partial charge is 0.407 e. The zero-order valence-corrected chi connectivity index (χ0v) is 44.2. The lowest BCUT2D eigenvalue weighted by molar-refractivity contribution is -0.180. The van der Waals surface area contributed by atoms with Crippen LogP contribution in [0, 0.1) is 23.7 Å². The van der Waals surface area contributed by atoms with Crippen molar-refractivity contribution in [2.24, 2.45) is 23.7 Å². The maximum atomic E-state index is 14.8. The van der Waals surface area contributed by atoms with Gasteiger partial charge in [0.2, 0.25) is 5.91 Å². The predicted molar refractivity (Wildman–Crippen MR) is 273 cm³/mol. The topological polar surface area (TPSA) is 193 Å². The van der Waals surface area contributed by atoms with E-state index < -0.39 is 28.7 Å². The van der Waals surface area contributed by atoms with Crippen molar-refractivity contribution in [2.45, 2.75) is 123 Å². The summed E-state index contributed by atoms with van der Waals surface area (Å²) in [6, 6.07) is 13.6. The van der Waals surface area contributed by atoms with Crippen LogP contribution in [-0.4, -0.2) is 136 Å². The van der Waals surface area contributed by atoms with Gasteiger partial charge in [0.25, 0.3) is 5.91 Å². The van der Waals surface area contributed by atoms with Gasteiger partial charge in [0, 0.05) is 25.3 Å². The molecule has 3 amide bonds. The van der Waals surface area contributed by atoms with Gasteiger partial charge >= 0.3 is 12.1 Å². The fourth-order valence-corrected chi connectivity index (χ4v) is 10.7. The van der Waals surface area contributed by atoms with Crippen LogP contribution in [0.25, 0.3) is 16.9 Å². The van der Waals surface area contributed by atoms with Gasteiger partial charge in [0.05, 0.1) is 51.0 Å². The highest BCUT2D eigenvalue weighted by molar-refractivity contribution is 5.98. The Bertz CT molecular complexity index is 2230. The van der Waals surface area contributed by atoms with E-state index in [1.165, 1.54) is 6.42 Å². The average Bonchev–Trinajstić information content (AvgIpc) is 3.74. The quantitative estimate of drug-likeness (QED) is 0.0477. The standard InChI is InChI=1S/C54H81N7O10/c1-35(2)41-32-40(55-19-13-22-60(9)23-14-20-56-47(62)34-69-26-25-68-24-21-57-51(65)71-53(6,7)8)17-18-43(41)61-44(48-45(66-10)15-12-16-46(48)67-11)33-42(59-61)49(63)58-54(50(64)70-52(3,4)5)38-28-36-27-37(30-38)31-39(54)29-36/h12,15-18,32-33,35-39,55H,13-14,19-31,34H2,1-11H3,(H,56,62)(H,57,65)(H,58,63). The van der Waals surface area contributed by atoms with Crippen LogP contribution in [0.5, 0.6) is 11.5 Å². The number of hydrogen-bond acceptors (Lipinski definition) is 13. The Morgan fingerprint density at radius 2 is 1.39 bits per heavy atom. The third kappa shape index (κ3) is 14.6. The number of nitrogens with zero attached hydrogens (tertiary/aromatic N) is 3. The summed E-state index contributed by atoms with van der Waals surface area (Å²) in [4.78, 5) is 55.4. The number of carbonyl (C=O) groups excluding carboxylic acids is 4. The lowest BCUT2D eigenvalue weighted by Gasteiger charge is -2.59. The number of aromatic nitrogens is 2. The average molecular weight is 988 g/mol. The van der Waals surface area contributed by atoms with Gasteiger partial charge in [-0.2, -0.15) is 5.10 Å². The molecular weight excluding hydrogens is 907 g/mol. The largest absolute Gasteiger partial charge is 0.496 e. The molecule has 4 bridgehead atoms. The first-order valence-electron chi connectivity index (χ1n) is 25.5. The van der Waals surface area contributed by atoms with Gasteiger partial charge in [-0.1, -0.05) is 19.9 Å². The van der Waals surface area contributed by atoms with Gasteiger partial charge in [0.1, 0.15) is 34.8 Å². The van der Waals surface area contributed by atoms with Gasteiger partial charge in [-0.3, -0.25) is 9.59 Å². The van der Waals surface area contributed by atoms with Crippen molar-refractivity contribution in [3.05, 3.63) is 53.7 Å². The highest BCUT2D eigenvalue weighted by Crippen LogP contribution is 2.59. The van der Waals surface area contributed by atoms with Crippen LogP contribution < -0.4 is 30.7 Å². The van der Waals surface area contributed by atoms with E-state index in [2.05, 4.69) is 53.1 Å². The number of alkyl carbamates (subject to hydrolysis) is 1. The summed E-state index contributed by atoms with van der Waals surface area (Å²) in [6.45, 7) is 19.5. The third-order valence-corrected chi connectivity index (χ3v) is 13.6. The van der Waals surface area contributed by atoms with Gasteiger partial charge in [0.15, 0.2) is 5.69 Å². The molecule has 17 heteroatoms. The van der Waals surface area contributed by atoms with Gasteiger partial charge in [-0.25, -0.2) is 14.3 Å². The van der Waals surface area contributed by atoms with Gasteiger partial charge in [-0.15, -0.1) is 0 Å². The molecule has 2 aromatic carbocycles. The molecule has 1 heterocycles. The van der Waals surface area contributed by atoms with Crippen LogP contribution in [-0.2, 0) is 28.5 Å². The number of ether oxygens (including phenoxy) is 6. The number of carbonyl (C=O) groups is 4. The van der Waals surface area contributed by atoms with Crippen molar-refractivity contribution in [3.63, 3.8) is 0 Å². The zero-order valence-electron chi connectivity index (χ0n) is 44.2. The molecule has 4 N–H and O–H groups in total. The van der Waals surface area contributed by atoms with E-state index >= 15 is 0 Å². The van der Waals surface area contributed by atoms with Gasteiger partial charge < -0.3 is 54.6 Å². The summed E-state index contributed by atoms with van der Waals surface area (Å²) in [6.07, 6.45) is 6.02. The van der Waals surface area contributed by atoms with Crippen molar-refractivity contribution in [3.8, 4) is 28.4 Å². The Morgan fingerprint density at radius 1 is 0.775 bits per heavy atom. The van der Waals surface area contributed by atoms with Crippen molar-refractivity contribution >= 4 is 29.6 Å². The Labute approximate surface area is 421 Å². The molecule has 4 aliphatic carbocycles. The molecule has 4 fully saturated rings. The number of benzene rings is 2. The monoisotopic (exact) mass is 988 g/mol. The van der Waals surface area contributed by atoms with Crippen LogP contribution in [0.2, 0.25) is 0 Å². The molecule has 0 spiro atoms. The molecule has 0 atom stereocenters. The third-order valence-electron chi connectivity index (χ3n) is 13.6. The minimum absolute atomic E-state index is 0.000929. The van der Waals surface area contributed by atoms with Crippen LogP contribution >= 0.6 is 0 Å². The molecule has 0 aliphatic heterocycles. The summed E-state index contributed by atoms with van der Waals surface area (Å²) in [5.74, 6) is 1.43. The second-order valence-electron chi connectivity index (χ2n) is 21.8. The summed E-state index contributed by atoms with van der Waals surface area (Å²) >= 11 is 0. The van der Waals surface area contributed by atoms with E-state index in [-0.39, 0.29) is 48.5 Å². The molecule has 4 saturated carbocycles. The number of esters is 1. The number of nitrogens with one attached hydrogen (secondary N) is 4. The highest BCUT2D eigenvalue weighted by Gasteiger charge is 2.63. The van der Waals surface area contributed by atoms with E-state index in [0.717, 1.165) is 75.1 Å². The first kappa shape index (κ1) is 54.9. The van der Waals surface area contributed by atoms with Crippen LogP contribution in [0.4, 0.5) is 10.5 Å². The first-order chi connectivity index (χ1) is 33.7.